The zero-order valence-electron chi connectivity index (χ0n) is 7.59. The van der Waals surface area contributed by atoms with Crippen LogP contribution in [-0.4, -0.2) is 23.6 Å². The molecule has 0 bridgehead atoms. The first-order chi connectivity index (χ1) is 6.83. The third-order valence-corrected chi connectivity index (χ3v) is 1.64. The van der Waals surface area contributed by atoms with E-state index in [2.05, 4.69) is 4.79 Å². The zero-order valence-corrected chi connectivity index (χ0v) is 7.59. The van der Waals surface area contributed by atoms with Crippen molar-refractivity contribution in [3.8, 4) is 0 Å². The van der Waals surface area contributed by atoms with Gasteiger partial charge in [0.2, 0.25) is 0 Å². The van der Waals surface area contributed by atoms with E-state index in [1.54, 1.807) is 0 Å². The Morgan fingerprint density at radius 2 is 2.14 bits per heavy atom. The number of carbonyl (C=O) groups is 1. The summed E-state index contributed by atoms with van der Waals surface area (Å²) in [7, 11) is 0. The number of nitrogens with zero attached hydrogens (tertiary/aromatic N) is 2. The van der Waals surface area contributed by atoms with Crippen LogP contribution >= 0.6 is 0 Å². The zero-order chi connectivity index (χ0) is 10.2. The molecule has 0 aliphatic rings. The summed E-state index contributed by atoms with van der Waals surface area (Å²) in [5.41, 5.74) is 9.12. The van der Waals surface area contributed by atoms with Gasteiger partial charge in [-0.2, -0.15) is 4.79 Å². The van der Waals surface area contributed by atoms with Gasteiger partial charge in [0.05, 0.1) is 6.61 Å². The molecule has 0 heterocycles. The summed E-state index contributed by atoms with van der Waals surface area (Å²) in [6.07, 6.45) is 1.39. The molecule has 0 aliphatic carbocycles. The summed E-state index contributed by atoms with van der Waals surface area (Å²) in [5.74, 6) is -0.636. The first kappa shape index (κ1) is 10.2. The van der Waals surface area contributed by atoms with Crippen LogP contribution in [0.2, 0.25) is 0 Å². The molecule has 0 atom stereocenters. The van der Waals surface area contributed by atoms with Crippen molar-refractivity contribution >= 4 is 12.2 Å². The molecule has 1 aromatic rings. The van der Waals surface area contributed by atoms with Crippen LogP contribution in [0.25, 0.3) is 5.53 Å². The van der Waals surface area contributed by atoms with Gasteiger partial charge in [0.15, 0.2) is 0 Å². The topological polar surface area (TPSA) is 62.7 Å². The summed E-state index contributed by atoms with van der Waals surface area (Å²) in [6.45, 7) is 0.287. The minimum atomic E-state index is -0.636. The molecule has 1 rings (SSSR count). The molecule has 0 spiro atoms. The van der Waals surface area contributed by atoms with Gasteiger partial charge < -0.3 is 10.3 Å². The van der Waals surface area contributed by atoms with Gasteiger partial charge >= 0.3 is 12.2 Å². The maximum atomic E-state index is 10.7. The lowest BCUT2D eigenvalue weighted by Crippen LogP contribution is -2.08. The van der Waals surface area contributed by atoms with E-state index < -0.39 is 5.97 Å². The normalized spacial score (nSPS) is 8.86. The number of ether oxygens (including phenoxy) is 1. The van der Waals surface area contributed by atoms with Gasteiger partial charge in [0, 0.05) is 6.42 Å². The Kier molecular flexibility index (Phi) is 4.11. The van der Waals surface area contributed by atoms with Gasteiger partial charge in [0.1, 0.15) is 0 Å². The number of hydrogen-bond donors (Lipinski definition) is 0. The van der Waals surface area contributed by atoms with Crippen LogP contribution in [0, 0.1) is 0 Å². The van der Waals surface area contributed by atoms with E-state index in [4.69, 9.17) is 10.3 Å². The van der Waals surface area contributed by atoms with Gasteiger partial charge in [-0.25, -0.2) is 4.79 Å². The molecule has 0 saturated heterocycles. The van der Waals surface area contributed by atoms with Crippen molar-refractivity contribution < 1.29 is 14.3 Å². The van der Waals surface area contributed by atoms with Gasteiger partial charge in [-0.15, -0.1) is 0 Å². The fourth-order valence-corrected chi connectivity index (χ4v) is 0.999. The molecular formula is C10H10N2O2. The van der Waals surface area contributed by atoms with Crippen molar-refractivity contribution in [3.63, 3.8) is 0 Å². The average Bonchev–Trinajstić information content (AvgIpc) is 2.20. The Labute approximate surface area is 81.7 Å². The van der Waals surface area contributed by atoms with Crippen LogP contribution in [0.5, 0.6) is 0 Å². The van der Waals surface area contributed by atoms with Crippen molar-refractivity contribution in [2.24, 2.45) is 0 Å². The molecule has 0 radical (unpaired) electrons. The molecule has 0 aliphatic heterocycles. The highest BCUT2D eigenvalue weighted by atomic mass is 16.5. The highest BCUT2D eigenvalue weighted by molar-refractivity contribution is 6.20. The molecule has 1 aromatic carbocycles. The first-order valence-electron chi connectivity index (χ1n) is 4.21. The van der Waals surface area contributed by atoms with Crippen LogP contribution in [0.1, 0.15) is 5.56 Å². The smallest absolute Gasteiger partial charge is 0.413 e. The van der Waals surface area contributed by atoms with E-state index in [-0.39, 0.29) is 6.61 Å². The highest BCUT2D eigenvalue weighted by Crippen LogP contribution is 1.99. The van der Waals surface area contributed by atoms with Crippen LogP contribution in [0.3, 0.4) is 0 Å². The van der Waals surface area contributed by atoms with Gasteiger partial charge in [-0.3, -0.25) is 0 Å². The van der Waals surface area contributed by atoms with Crippen molar-refractivity contribution in [3.05, 3.63) is 41.4 Å². The first-order valence-corrected chi connectivity index (χ1v) is 4.21. The molecule has 0 N–H and O–H groups in total. The summed E-state index contributed by atoms with van der Waals surface area (Å²) >= 11 is 0. The van der Waals surface area contributed by atoms with E-state index in [1.165, 1.54) is 0 Å². The lowest BCUT2D eigenvalue weighted by molar-refractivity contribution is -0.138. The third kappa shape index (κ3) is 3.65. The van der Waals surface area contributed by atoms with E-state index in [0.717, 1.165) is 11.8 Å². The highest BCUT2D eigenvalue weighted by Gasteiger charge is 2.02. The standard InChI is InChI=1S/C10H10N2O2/c11-12-8-10(13)14-7-6-9-4-2-1-3-5-9/h1-5,8H,6-7H2. The van der Waals surface area contributed by atoms with E-state index in [1.807, 2.05) is 30.3 Å². The Balaban J connectivity index is 2.29. The van der Waals surface area contributed by atoms with Crippen molar-refractivity contribution in [2.45, 2.75) is 6.42 Å². The molecule has 0 saturated carbocycles. The monoisotopic (exact) mass is 190 g/mol. The predicted molar refractivity (Wildman–Crippen MR) is 50.8 cm³/mol. The Morgan fingerprint density at radius 1 is 1.43 bits per heavy atom. The molecule has 0 amide bonds. The second kappa shape index (κ2) is 5.67. The Bertz CT molecular complexity index is 342. The summed E-state index contributed by atoms with van der Waals surface area (Å²) in [6, 6.07) is 9.68. The van der Waals surface area contributed by atoms with E-state index >= 15 is 0 Å². The molecule has 72 valence electrons. The fraction of sp³-hybridized carbons (Fsp3) is 0.200. The number of esters is 1. The fourth-order valence-electron chi connectivity index (χ4n) is 0.999. The number of benzene rings is 1. The number of carbonyl (C=O) groups excluding carboxylic acids is 1. The Hall–Kier alpha value is -1.93. The minimum Gasteiger partial charge on any atom is -0.457 e. The molecular weight excluding hydrogens is 180 g/mol. The molecule has 0 aromatic heterocycles. The second-order valence-corrected chi connectivity index (χ2v) is 2.65. The van der Waals surface area contributed by atoms with E-state index in [9.17, 15) is 4.79 Å². The molecule has 4 heteroatoms. The summed E-state index contributed by atoms with van der Waals surface area (Å²) in [4.78, 5) is 13.3. The summed E-state index contributed by atoms with van der Waals surface area (Å²) < 4.78 is 4.74. The van der Waals surface area contributed by atoms with E-state index in [0.29, 0.717) is 6.42 Å². The Morgan fingerprint density at radius 3 is 2.79 bits per heavy atom. The van der Waals surface area contributed by atoms with Gasteiger partial charge in [-0.1, -0.05) is 30.3 Å². The minimum absolute atomic E-state index is 0.287. The van der Waals surface area contributed by atoms with Crippen LogP contribution in [-0.2, 0) is 16.0 Å². The largest absolute Gasteiger partial charge is 0.457 e. The lowest BCUT2D eigenvalue weighted by atomic mass is 10.2. The molecule has 0 unspecified atom stereocenters. The van der Waals surface area contributed by atoms with Gasteiger partial charge in [0.25, 0.3) is 0 Å². The maximum Gasteiger partial charge on any atom is 0.413 e. The van der Waals surface area contributed by atoms with Crippen LogP contribution in [0.15, 0.2) is 30.3 Å². The molecule has 0 fully saturated rings. The lowest BCUT2D eigenvalue weighted by Gasteiger charge is -1.99. The maximum absolute atomic E-state index is 10.7. The van der Waals surface area contributed by atoms with Crippen LogP contribution < -0.4 is 0 Å². The molecule has 4 nitrogen and oxygen atoms in total. The predicted octanol–water partition coefficient (Wildman–Crippen LogP) is 1.07. The average molecular weight is 190 g/mol. The SMILES string of the molecule is [N-]=[N+]=CC(=O)OCCc1ccccc1. The summed E-state index contributed by atoms with van der Waals surface area (Å²) in [5, 5.41) is 0. The number of rotatable bonds is 4. The van der Waals surface area contributed by atoms with Crippen molar-refractivity contribution in [1.82, 2.24) is 0 Å². The number of hydrogen-bond acceptors (Lipinski definition) is 2. The van der Waals surface area contributed by atoms with Gasteiger partial charge in [-0.05, 0) is 5.56 Å². The molecule has 14 heavy (non-hydrogen) atoms. The van der Waals surface area contributed by atoms with Crippen molar-refractivity contribution in [1.29, 1.82) is 0 Å². The van der Waals surface area contributed by atoms with Crippen molar-refractivity contribution in [2.75, 3.05) is 6.61 Å². The van der Waals surface area contributed by atoms with Crippen LogP contribution in [0.4, 0.5) is 0 Å². The quantitative estimate of drug-likeness (QED) is 0.308. The third-order valence-electron chi connectivity index (χ3n) is 1.64. The second-order valence-electron chi connectivity index (χ2n) is 2.65.